The molecule has 0 saturated heterocycles. The summed E-state index contributed by atoms with van der Waals surface area (Å²) in [6.45, 7) is 1.47. The second-order valence-corrected chi connectivity index (χ2v) is 2.89. The van der Waals surface area contributed by atoms with Crippen molar-refractivity contribution >= 4 is 17.3 Å². The summed E-state index contributed by atoms with van der Waals surface area (Å²) in [7, 11) is 0. The summed E-state index contributed by atoms with van der Waals surface area (Å²) in [5.74, 6) is -0.533. The molecule has 0 unspecified atom stereocenters. The molecule has 0 aliphatic heterocycles. The molecular weight excluding hydrogens is 197 g/mol. The van der Waals surface area contributed by atoms with Gasteiger partial charge in [-0.05, 0) is 18.6 Å². The lowest BCUT2D eigenvalue weighted by Crippen LogP contribution is -1.96. The van der Waals surface area contributed by atoms with Crippen molar-refractivity contribution in [3.8, 4) is 0 Å². The molecule has 5 heteroatoms. The van der Waals surface area contributed by atoms with Gasteiger partial charge in [-0.25, -0.2) is 4.39 Å². The number of hydrogen-bond donors (Lipinski definition) is 0. The Morgan fingerprint density at radius 3 is 2.69 bits per heavy atom. The fraction of sp³-hybridized carbons (Fsp3) is 0.250. The maximum Gasteiger partial charge on any atom is 0.274 e. The smallest absolute Gasteiger partial charge is 0.258 e. The van der Waals surface area contributed by atoms with Gasteiger partial charge in [-0.2, -0.15) is 0 Å². The number of hydrogen-bond acceptors (Lipinski definition) is 2. The third-order valence-corrected chi connectivity index (χ3v) is 1.99. The summed E-state index contributed by atoms with van der Waals surface area (Å²) in [5, 5.41) is 10.5. The van der Waals surface area contributed by atoms with Gasteiger partial charge in [-0.15, -0.1) is 11.6 Å². The van der Waals surface area contributed by atoms with Crippen molar-refractivity contribution < 1.29 is 9.31 Å². The first-order chi connectivity index (χ1) is 6.06. The lowest BCUT2D eigenvalue weighted by Gasteiger charge is -2.01. The number of alkyl halides is 1. The lowest BCUT2D eigenvalue weighted by molar-refractivity contribution is -0.385. The quantitative estimate of drug-likeness (QED) is 0.421. The molecule has 0 N–H and O–H groups in total. The molecule has 0 bridgehead atoms. The molecule has 0 aliphatic carbocycles. The van der Waals surface area contributed by atoms with E-state index in [0.717, 1.165) is 6.07 Å². The molecule has 0 spiro atoms. The average molecular weight is 204 g/mol. The maximum absolute atomic E-state index is 12.9. The molecular formula is C8H7ClFNO2. The zero-order valence-corrected chi connectivity index (χ0v) is 7.64. The maximum atomic E-state index is 12.9. The number of nitro groups is 1. The van der Waals surface area contributed by atoms with Gasteiger partial charge in [0.1, 0.15) is 5.82 Å². The zero-order valence-electron chi connectivity index (χ0n) is 6.88. The van der Waals surface area contributed by atoms with Crippen molar-refractivity contribution in [1.29, 1.82) is 0 Å². The van der Waals surface area contributed by atoms with Gasteiger partial charge < -0.3 is 0 Å². The Balaban J connectivity index is 3.33. The van der Waals surface area contributed by atoms with Crippen molar-refractivity contribution in [2.45, 2.75) is 12.8 Å². The van der Waals surface area contributed by atoms with Crippen LogP contribution in [0, 0.1) is 22.9 Å². The molecule has 3 nitrogen and oxygen atoms in total. The minimum Gasteiger partial charge on any atom is -0.258 e. The molecule has 1 rings (SSSR count). The second kappa shape index (κ2) is 3.70. The van der Waals surface area contributed by atoms with Crippen LogP contribution in [0.5, 0.6) is 0 Å². The van der Waals surface area contributed by atoms with Gasteiger partial charge in [0, 0.05) is 11.6 Å². The van der Waals surface area contributed by atoms with Crippen LogP contribution in [-0.4, -0.2) is 4.92 Å². The standard InChI is InChI=1S/C8H7ClFNO2/c1-5-2-8(11(12)13)6(4-9)3-7(5)10/h2-3H,4H2,1H3. The van der Waals surface area contributed by atoms with E-state index >= 15 is 0 Å². The van der Waals surface area contributed by atoms with Crippen LogP contribution in [0.2, 0.25) is 0 Å². The number of aryl methyl sites for hydroxylation is 1. The minimum absolute atomic E-state index is 0.0620. The molecule has 0 saturated carbocycles. The molecule has 0 radical (unpaired) electrons. The SMILES string of the molecule is Cc1cc([N+](=O)[O-])c(CCl)cc1F. The zero-order chi connectivity index (χ0) is 10.0. The van der Waals surface area contributed by atoms with E-state index < -0.39 is 10.7 Å². The van der Waals surface area contributed by atoms with Gasteiger partial charge in [-0.3, -0.25) is 10.1 Å². The van der Waals surface area contributed by atoms with Crippen LogP contribution in [0.15, 0.2) is 12.1 Å². The summed E-state index contributed by atoms with van der Waals surface area (Å²) in [5.41, 5.74) is 0.323. The Kier molecular flexibility index (Phi) is 2.83. The summed E-state index contributed by atoms with van der Waals surface area (Å²) in [6, 6.07) is 2.29. The van der Waals surface area contributed by atoms with Crippen LogP contribution >= 0.6 is 11.6 Å². The second-order valence-electron chi connectivity index (χ2n) is 2.62. The van der Waals surface area contributed by atoms with Crippen LogP contribution in [0.25, 0.3) is 0 Å². The highest BCUT2D eigenvalue weighted by atomic mass is 35.5. The third-order valence-electron chi connectivity index (χ3n) is 1.70. The Morgan fingerprint density at radius 1 is 1.62 bits per heavy atom. The topological polar surface area (TPSA) is 43.1 Å². The number of nitrogens with zero attached hydrogens (tertiary/aromatic N) is 1. The van der Waals surface area contributed by atoms with E-state index in [0.29, 0.717) is 0 Å². The van der Waals surface area contributed by atoms with Crippen molar-refractivity contribution in [2.75, 3.05) is 0 Å². The number of nitro benzene ring substituents is 1. The van der Waals surface area contributed by atoms with Gasteiger partial charge in [0.2, 0.25) is 0 Å². The van der Waals surface area contributed by atoms with E-state index in [-0.39, 0.29) is 22.7 Å². The van der Waals surface area contributed by atoms with Crippen LogP contribution in [0.4, 0.5) is 10.1 Å². The van der Waals surface area contributed by atoms with E-state index in [9.17, 15) is 14.5 Å². The highest BCUT2D eigenvalue weighted by Gasteiger charge is 2.15. The fourth-order valence-corrected chi connectivity index (χ4v) is 1.20. The van der Waals surface area contributed by atoms with Crippen LogP contribution in [0.1, 0.15) is 11.1 Å². The monoisotopic (exact) mass is 203 g/mol. The predicted molar refractivity (Wildman–Crippen MR) is 47.3 cm³/mol. The Labute approximate surface area is 79.3 Å². The molecule has 0 aliphatic rings. The van der Waals surface area contributed by atoms with E-state index in [1.54, 1.807) is 0 Å². The number of rotatable bonds is 2. The summed E-state index contributed by atoms with van der Waals surface area (Å²) in [4.78, 5) is 9.90. The lowest BCUT2D eigenvalue weighted by atomic mass is 10.1. The number of halogens is 2. The van der Waals surface area contributed by atoms with Gasteiger partial charge in [0.05, 0.1) is 10.8 Å². The van der Waals surface area contributed by atoms with Gasteiger partial charge in [-0.1, -0.05) is 0 Å². The molecule has 0 aromatic heterocycles. The van der Waals surface area contributed by atoms with Crippen molar-refractivity contribution in [3.63, 3.8) is 0 Å². The van der Waals surface area contributed by atoms with Crippen molar-refractivity contribution in [1.82, 2.24) is 0 Å². The molecule has 0 amide bonds. The van der Waals surface area contributed by atoms with Crippen molar-refractivity contribution in [2.24, 2.45) is 0 Å². The molecule has 1 aromatic rings. The van der Waals surface area contributed by atoms with Gasteiger partial charge in [0.15, 0.2) is 0 Å². The highest BCUT2D eigenvalue weighted by Crippen LogP contribution is 2.23. The first-order valence-electron chi connectivity index (χ1n) is 3.55. The Hall–Kier alpha value is -1.16. The normalized spacial score (nSPS) is 10.1. The Morgan fingerprint density at radius 2 is 2.23 bits per heavy atom. The summed E-state index contributed by atoms with van der Waals surface area (Å²) < 4.78 is 12.9. The van der Waals surface area contributed by atoms with E-state index in [1.807, 2.05) is 0 Å². The van der Waals surface area contributed by atoms with E-state index in [2.05, 4.69) is 0 Å². The first kappa shape index (κ1) is 9.92. The fourth-order valence-electron chi connectivity index (χ4n) is 0.984. The summed E-state index contributed by atoms with van der Waals surface area (Å²) >= 11 is 5.43. The Bertz CT molecular complexity index is 354. The summed E-state index contributed by atoms with van der Waals surface area (Å²) in [6.07, 6.45) is 0. The van der Waals surface area contributed by atoms with E-state index in [4.69, 9.17) is 11.6 Å². The molecule has 0 atom stereocenters. The molecule has 13 heavy (non-hydrogen) atoms. The third kappa shape index (κ3) is 1.95. The van der Waals surface area contributed by atoms with Crippen molar-refractivity contribution in [3.05, 3.63) is 39.2 Å². The van der Waals surface area contributed by atoms with Gasteiger partial charge >= 0.3 is 0 Å². The van der Waals surface area contributed by atoms with E-state index in [1.165, 1.54) is 13.0 Å². The van der Waals surface area contributed by atoms with Crippen LogP contribution in [0.3, 0.4) is 0 Å². The largest absolute Gasteiger partial charge is 0.274 e. The predicted octanol–water partition coefficient (Wildman–Crippen LogP) is 2.78. The van der Waals surface area contributed by atoms with Crippen LogP contribution in [-0.2, 0) is 5.88 Å². The molecule has 1 aromatic carbocycles. The first-order valence-corrected chi connectivity index (χ1v) is 4.09. The minimum atomic E-state index is -0.565. The molecule has 0 fully saturated rings. The van der Waals surface area contributed by atoms with Crippen LogP contribution < -0.4 is 0 Å². The van der Waals surface area contributed by atoms with Gasteiger partial charge in [0.25, 0.3) is 5.69 Å². The average Bonchev–Trinajstić information content (AvgIpc) is 2.08. The highest BCUT2D eigenvalue weighted by molar-refractivity contribution is 6.17. The number of benzene rings is 1. The molecule has 0 heterocycles. The molecule has 70 valence electrons.